The standard InChI is InChI=1S/C18H25F2N3O4S/c19-15-5-13(23-8-14(7-21)27-18(23)24)6-16(20)17(15)22-3-1-11(2-4-22)12-9-28(25,26)10-12/h5-6,11-12,14,25-26H,1-4,7-10,21H2. The third-order valence-electron chi connectivity index (χ3n) is 5.93. The van der Waals surface area contributed by atoms with E-state index in [2.05, 4.69) is 0 Å². The Morgan fingerprint density at radius 1 is 1.14 bits per heavy atom. The van der Waals surface area contributed by atoms with Crippen LogP contribution >= 0.6 is 10.6 Å². The van der Waals surface area contributed by atoms with Crippen LogP contribution in [0.3, 0.4) is 0 Å². The van der Waals surface area contributed by atoms with E-state index in [9.17, 15) is 22.7 Å². The van der Waals surface area contributed by atoms with Crippen LogP contribution in [0.5, 0.6) is 0 Å². The normalized spacial score (nSPS) is 26.9. The number of ether oxygens (including phenoxy) is 1. The zero-order valence-electron chi connectivity index (χ0n) is 15.4. The van der Waals surface area contributed by atoms with Gasteiger partial charge in [-0.2, -0.15) is 10.6 Å². The first-order valence-electron chi connectivity index (χ1n) is 9.43. The summed E-state index contributed by atoms with van der Waals surface area (Å²) in [6, 6.07) is 2.32. The molecule has 156 valence electrons. The summed E-state index contributed by atoms with van der Waals surface area (Å²) in [6.45, 7) is 1.33. The summed E-state index contributed by atoms with van der Waals surface area (Å²) in [6.07, 6.45) is 0.381. The van der Waals surface area contributed by atoms with Crippen molar-refractivity contribution in [1.82, 2.24) is 0 Å². The Labute approximate surface area is 163 Å². The van der Waals surface area contributed by atoms with E-state index in [0.29, 0.717) is 36.4 Å². The summed E-state index contributed by atoms with van der Waals surface area (Å²) < 4.78 is 53.7. The molecule has 0 bridgehead atoms. The molecule has 3 aliphatic heterocycles. The van der Waals surface area contributed by atoms with Crippen LogP contribution in [0.15, 0.2) is 12.1 Å². The third kappa shape index (κ3) is 3.66. The number of nitrogens with zero attached hydrogens (tertiary/aromatic N) is 2. The zero-order chi connectivity index (χ0) is 20.1. The molecule has 3 fully saturated rings. The minimum absolute atomic E-state index is 0.0805. The maximum atomic E-state index is 14.7. The van der Waals surface area contributed by atoms with Crippen LogP contribution in [0, 0.1) is 23.5 Å². The third-order valence-corrected chi connectivity index (χ3v) is 7.86. The van der Waals surface area contributed by atoms with Crippen molar-refractivity contribution >= 4 is 28.1 Å². The summed E-state index contributed by atoms with van der Waals surface area (Å²) in [5, 5.41) is 0. The molecule has 4 rings (SSSR count). The number of carbonyl (C=O) groups excluding carboxylic acids is 1. The number of hydrogen-bond donors (Lipinski definition) is 3. The highest BCUT2D eigenvalue weighted by Gasteiger charge is 2.40. The van der Waals surface area contributed by atoms with Gasteiger partial charge in [0.2, 0.25) is 0 Å². The molecule has 10 heteroatoms. The molecule has 7 nitrogen and oxygen atoms in total. The number of nitrogens with two attached hydrogens (primary N) is 1. The predicted octanol–water partition coefficient (Wildman–Crippen LogP) is 2.85. The minimum atomic E-state index is -2.37. The van der Waals surface area contributed by atoms with Gasteiger partial charge in [-0.1, -0.05) is 0 Å². The van der Waals surface area contributed by atoms with Crippen LogP contribution < -0.4 is 15.5 Å². The largest absolute Gasteiger partial charge is 0.443 e. The number of anilines is 2. The van der Waals surface area contributed by atoms with Crippen LogP contribution in [0.25, 0.3) is 0 Å². The Hall–Kier alpha value is -1.62. The van der Waals surface area contributed by atoms with Crippen molar-refractivity contribution in [2.45, 2.75) is 18.9 Å². The lowest BCUT2D eigenvalue weighted by molar-refractivity contribution is 0.145. The molecule has 1 amide bonds. The molecule has 1 atom stereocenters. The summed E-state index contributed by atoms with van der Waals surface area (Å²) in [5.41, 5.74) is 5.53. The first kappa shape index (κ1) is 19.7. The summed E-state index contributed by atoms with van der Waals surface area (Å²) in [4.78, 5) is 14.8. The lowest BCUT2D eigenvalue weighted by atomic mass is 9.85. The van der Waals surface area contributed by atoms with E-state index >= 15 is 0 Å². The molecule has 1 unspecified atom stereocenters. The SMILES string of the molecule is NCC1CN(c2cc(F)c(N3CCC(C4CS(O)(O)C4)CC3)c(F)c2)C(=O)O1. The van der Waals surface area contributed by atoms with Gasteiger partial charge in [-0.25, -0.2) is 13.6 Å². The molecule has 28 heavy (non-hydrogen) atoms. The number of piperidine rings is 1. The Morgan fingerprint density at radius 2 is 1.75 bits per heavy atom. The fraction of sp³-hybridized carbons (Fsp3) is 0.611. The van der Waals surface area contributed by atoms with Gasteiger partial charge in [-0.15, -0.1) is 0 Å². The Kier molecular flexibility index (Phi) is 5.15. The van der Waals surface area contributed by atoms with Crippen molar-refractivity contribution in [3.8, 4) is 0 Å². The van der Waals surface area contributed by atoms with Gasteiger partial charge in [0, 0.05) is 43.3 Å². The number of cyclic esters (lactones) is 1. The predicted molar refractivity (Wildman–Crippen MR) is 104 cm³/mol. The van der Waals surface area contributed by atoms with Gasteiger partial charge >= 0.3 is 6.09 Å². The quantitative estimate of drug-likeness (QED) is 0.697. The van der Waals surface area contributed by atoms with Crippen LogP contribution in [-0.4, -0.2) is 59.0 Å². The molecular weight excluding hydrogens is 392 g/mol. The summed E-state index contributed by atoms with van der Waals surface area (Å²) >= 11 is 0. The van der Waals surface area contributed by atoms with Crippen molar-refractivity contribution in [3.05, 3.63) is 23.8 Å². The Balaban J connectivity index is 1.44. The topological polar surface area (TPSA) is 99.3 Å². The van der Waals surface area contributed by atoms with Gasteiger partial charge < -0.3 is 15.4 Å². The van der Waals surface area contributed by atoms with Crippen LogP contribution in [0.2, 0.25) is 0 Å². The molecule has 3 heterocycles. The van der Waals surface area contributed by atoms with E-state index in [1.54, 1.807) is 4.90 Å². The van der Waals surface area contributed by atoms with Crippen molar-refractivity contribution in [2.24, 2.45) is 17.6 Å². The van der Waals surface area contributed by atoms with Crippen molar-refractivity contribution in [3.63, 3.8) is 0 Å². The average molecular weight is 417 g/mol. The number of halogens is 2. The van der Waals surface area contributed by atoms with Crippen molar-refractivity contribution in [1.29, 1.82) is 0 Å². The van der Waals surface area contributed by atoms with E-state index in [0.717, 1.165) is 25.0 Å². The molecule has 4 N–H and O–H groups in total. The molecule has 0 saturated carbocycles. The van der Waals surface area contributed by atoms with Crippen molar-refractivity contribution < 1.29 is 27.4 Å². The number of amides is 1. The first-order chi connectivity index (χ1) is 13.3. The van der Waals surface area contributed by atoms with Gasteiger partial charge in [-0.3, -0.25) is 14.0 Å². The fourth-order valence-electron chi connectivity index (χ4n) is 4.37. The maximum Gasteiger partial charge on any atom is 0.414 e. The highest BCUT2D eigenvalue weighted by atomic mass is 32.3. The van der Waals surface area contributed by atoms with Crippen molar-refractivity contribution in [2.75, 3.05) is 47.5 Å². The molecule has 3 aliphatic rings. The monoisotopic (exact) mass is 417 g/mol. The molecule has 0 radical (unpaired) electrons. The van der Waals surface area contributed by atoms with Gasteiger partial charge in [0.05, 0.1) is 12.2 Å². The smallest absolute Gasteiger partial charge is 0.414 e. The first-order valence-corrected chi connectivity index (χ1v) is 11.3. The van der Waals surface area contributed by atoms with Gasteiger partial charge in [0.25, 0.3) is 0 Å². The minimum Gasteiger partial charge on any atom is -0.443 e. The second-order valence-corrected chi connectivity index (χ2v) is 10.1. The zero-order valence-corrected chi connectivity index (χ0v) is 16.2. The van der Waals surface area contributed by atoms with E-state index in [1.165, 1.54) is 4.90 Å². The molecular formula is C18H25F2N3O4S. The average Bonchev–Trinajstić information content (AvgIpc) is 3.00. The van der Waals surface area contributed by atoms with E-state index in [4.69, 9.17) is 10.5 Å². The van der Waals surface area contributed by atoms with E-state index in [1.807, 2.05) is 0 Å². The molecule has 0 aromatic heterocycles. The summed E-state index contributed by atoms with van der Waals surface area (Å²) in [7, 11) is -2.37. The maximum absolute atomic E-state index is 14.7. The van der Waals surface area contributed by atoms with Crippen LogP contribution in [0.4, 0.5) is 25.0 Å². The number of benzene rings is 1. The highest BCUT2D eigenvalue weighted by Crippen LogP contribution is 2.55. The highest BCUT2D eigenvalue weighted by molar-refractivity contribution is 8.25. The number of carbonyl (C=O) groups is 1. The van der Waals surface area contributed by atoms with Gasteiger partial charge in [-0.05, 0) is 24.7 Å². The number of hydrogen-bond acceptors (Lipinski definition) is 6. The van der Waals surface area contributed by atoms with Gasteiger partial charge in [0.15, 0.2) is 11.6 Å². The Bertz CT molecular complexity index is 742. The molecule has 0 spiro atoms. The summed E-state index contributed by atoms with van der Waals surface area (Å²) in [5.74, 6) is 0.121. The van der Waals surface area contributed by atoms with Crippen LogP contribution in [0.1, 0.15) is 12.8 Å². The lowest BCUT2D eigenvalue weighted by Crippen LogP contribution is -2.44. The molecule has 3 saturated heterocycles. The van der Waals surface area contributed by atoms with E-state index in [-0.39, 0.29) is 24.5 Å². The molecule has 1 aromatic rings. The number of rotatable bonds is 4. The fourth-order valence-corrected chi connectivity index (χ4v) is 6.19. The van der Waals surface area contributed by atoms with E-state index < -0.39 is 34.4 Å². The second kappa shape index (κ2) is 7.33. The molecule has 0 aliphatic carbocycles. The lowest BCUT2D eigenvalue weighted by Gasteiger charge is -2.51. The Morgan fingerprint density at radius 3 is 2.25 bits per heavy atom. The van der Waals surface area contributed by atoms with Gasteiger partial charge in [0.1, 0.15) is 11.8 Å². The van der Waals surface area contributed by atoms with Crippen LogP contribution in [-0.2, 0) is 4.74 Å². The second-order valence-electron chi connectivity index (χ2n) is 7.83. The molecule has 1 aromatic carbocycles.